The summed E-state index contributed by atoms with van der Waals surface area (Å²) < 4.78 is 5.79. The third kappa shape index (κ3) is 3.70. The Kier molecular flexibility index (Phi) is 4.50. The molecule has 2 aromatic rings. The van der Waals surface area contributed by atoms with Crippen LogP contribution in [-0.4, -0.2) is 30.3 Å². The molecule has 2 heterocycles. The van der Waals surface area contributed by atoms with Crippen LogP contribution in [0.25, 0.3) is 0 Å². The molecule has 1 aromatic carbocycles. The first kappa shape index (κ1) is 15.1. The summed E-state index contributed by atoms with van der Waals surface area (Å²) in [4.78, 5) is 6.63. The van der Waals surface area contributed by atoms with Crippen LogP contribution in [-0.2, 0) is 4.74 Å². The van der Waals surface area contributed by atoms with E-state index in [9.17, 15) is 0 Å². The quantitative estimate of drug-likeness (QED) is 0.925. The number of hydrogen-bond donors (Lipinski definition) is 1. The minimum Gasteiger partial charge on any atom is -0.372 e. The fourth-order valence-corrected chi connectivity index (χ4v) is 2.95. The van der Waals surface area contributed by atoms with Crippen molar-refractivity contribution in [2.45, 2.75) is 26.1 Å². The predicted molar refractivity (Wildman–Crippen MR) is 91.2 cm³/mol. The monoisotopic (exact) mass is 317 g/mol. The Labute approximate surface area is 136 Å². The van der Waals surface area contributed by atoms with Gasteiger partial charge in [-0.3, -0.25) is 0 Å². The predicted octanol–water partition coefficient (Wildman–Crippen LogP) is 4.09. The van der Waals surface area contributed by atoms with Crippen molar-refractivity contribution in [2.75, 3.05) is 23.3 Å². The molecule has 4 nitrogen and oxygen atoms in total. The van der Waals surface area contributed by atoms with E-state index in [0.29, 0.717) is 5.02 Å². The van der Waals surface area contributed by atoms with Crippen molar-refractivity contribution in [3.63, 3.8) is 0 Å². The molecule has 1 N–H and O–H groups in total. The molecule has 0 radical (unpaired) electrons. The Hall–Kier alpha value is -1.78. The minimum absolute atomic E-state index is 0.245. The number of rotatable bonds is 3. The van der Waals surface area contributed by atoms with Crippen LogP contribution in [0.15, 0.2) is 42.6 Å². The lowest BCUT2D eigenvalue weighted by atomic mass is 10.2. The van der Waals surface area contributed by atoms with Crippen molar-refractivity contribution in [3.05, 3.63) is 47.6 Å². The van der Waals surface area contributed by atoms with Crippen LogP contribution >= 0.6 is 11.6 Å². The molecule has 22 heavy (non-hydrogen) atoms. The number of hydrogen-bond acceptors (Lipinski definition) is 4. The topological polar surface area (TPSA) is 37.4 Å². The molecular weight excluding hydrogens is 298 g/mol. The normalized spacial score (nSPS) is 21.7. The first-order valence-corrected chi connectivity index (χ1v) is 7.87. The lowest BCUT2D eigenvalue weighted by Gasteiger charge is -2.37. The number of halogens is 1. The van der Waals surface area contributed by atoms with Crippen LogP contribution in [0.2, 0.25) is 5.02 Å². The lowest BCUT2D eigenvalue weighted by molar-refractivity contribution is -0.00521. The Morgan fingerprint density at radius 1 is 1.18 bits per heavy atom. The highest BCUT2D eigenvalue weighted by Crippen LogP contribution is 2.25. The molecule has 1 fully saturated rings. The van der Waals surface area contributed by atoms with Gasteiger partial charge in [-0.2, -0.15) is 0 Å². The van der Waals surface area contributed by atoms with Gasteiger partial charge in [0, 0.05) is 35.7 Å². The van der Waals surface area contributed by atoms with E-state index in [2.05, 4.69) is 41.2 Å². The summed E-state index contributed by atoms with van der Waals surface area (Å²) in [5, 5.41) is 3.96. The summed E-state index contributed by atoms with van der Waals surface area (Å²) in [6, 6.07) is 11.9. The number of ether oxygens (including phenoxy) is 1. The molecule has 0 saturated carbocycles. The SMILES string of the molecule is C[C@@H]1CN(c2cccc(Nc3cc(Cl)ccn3)c2)C[C@H](C)O1. The molecule has 0 bridgehead atoms. The molecular formula is C17H20ClN3O. The molecule has 0 unspecified atom stereocenters. The van der Waals surface area contributed by atoms with Crippen molar-refractivity contribution < 1.29 is 4.74 Å². The zero-order valence-corrected chi connectivity index (χ0v) is 13.5. The van der Waals surface area contributed by atoms with Crippen LogP contribution in [0, 0.1) is 0 Å². The van der Waals surface area contributed by atoms with Crippen LogP contribution in [0.4, 0.5) is 17.2 Å². The second-order valence-corrected chi connectivity index (χ2v) is 6.13. The highest BCUT2D eigenvalue weighted by atomic mass is 35.5. The number of aromatic nitrogens is 1. The third-order valence-electron chi connectivity index (χ3n) is 3.63. The third-order valence-corrected chi connectivity index (χ3v) is 3.86. The van der Waals surface area contributed by atoms with E-state index >= 15 is 0 Å². The number of anilines is 3. The van der Waals surface area contributed by atoms with Crippen molar-refractivity contribution in [1.29, 1.82) is 0 Å². The maximum atomic E-state index is 5.99. The zero-order chi connectivity index (χ0) is 15.5. The molecule has 0 spiro atoms. The summed E-state index contributed by atoms with van der Waals surface area (Å²) in [5.41, 5.74) is 2.19. The Bertz CT molecular complexity index is 639. The van der Waals surface area contributed by atoms with Gasteiger partial charge in [-0.05, 0) is 44.2 Å². The van der Waals surface area contributed by atoms with Crippen molar-refractivity contribution in [2.24, 2.45) is 0 Å². The number of pyridine rings is 1. The largest absolute Gasteiger partial charge is 0.372 e. The molecule has 0 amide bonds. The minimum atomic E-state index is 0.245. The molecule has 1 saturated heterocycles. The average molecular weight is 318 g/mol. The maximum Gasteiger partial charge on any atom is 0.131 e. The van der Waals surface area contributed by atoms with Crippen LogP contribution in [0.5, 0.6) is 0 Å². The van der Waals surface area contributed by atoms with E-state index in [1.807, 2.05) is 18.2 Å². The molecule has 5 heteroatoms. The highest BCUT2D eigenvalue weighted by Gasteiger charge is 2.22. The van der Waals surface area contributed by atoms with Gasteiger partial charge in [0.2, 0.25) is 0 Å². The van der Waals surface area contributed by atoms with E-state index in [0.717, 1.165) is 24.6 Å². The number of nitrogens with zero attached hydrogens (tertiary/aromatic N) is 2. The molecule has 0 aliphatic carbocycles. The fraction of sp³-hybridized carbons (Fsp3) is 0.353. The number of nitrogens with one attached hydrogen (secondary N) is 1. The molecule has 116 valence electrons. The first-order chi connectivity index (χ1) is 10.6. The van der Waals surface area contributed by atoms with E-state index in [-0.39, 0.29) is 12.2 Å². The molecule has 1 aromatic heterocycles. The van der Waals surface area contributed by atoms with Crippen molar-refractivity contribution in [1.82, 2.24) is 4.98 Å². The van der Waals surface area contributed by atoms with Crippen LogP contribution in [0.3, 0.4) is 0 Å². The second kappa shape index (κ2) is 6.55. The van der Waals surface area contributed by atoms with Crippen molar-refractivity contribution in [3.8, 4) is 0 Å². The van der Waals surface area contributed by atoms with Gasteiger partial charge in [-0.25, -0.2) is 4.98 Å². The summed E-state index contributed by atoms with van der Waals surface area (Å²) >= 11 is 5.99. The van der Waals surface area contributed by atoms with Crippen LogP contribution in [0.1, 0.15) is 13.8 Å². The first-order valence-electron chi connectivity index (χ1n) is 7.49. The lowest BCUT2D eigenvalue weighted by Crippen LogP contribution is -2.45. The van der Waals surface area contributed by atoms with Crippen LogP contribution < -0.4 is 10.2 Å². The van der Waals surface area contributed by atoms with Gasteiger partial charge < -0.3 is 15.0 Å². The zero-order valence-electron chi connectivity index (χ0n) is 12.8. The summed E-state index contributed by atoms with van der Waals surface area (Å²) in [7, 11) is 0. The highest BCUT2D eigenvalue weighted by molar-refractivity contribution is 6.30. The molecule has 2 atom stereocenters. The number of morpholine rings is 1. The Morgan fingerprint density at radius 2 is 1.95 bits per heavy atom. The molecule has 3 rings (SSSR count). The van der Waals surface area contributed by atoms with Crippen molar-refractivity contribution >= 4 is 28.8 Å². The summed E-state index contributed by atoms with van der Waals surface area (Å²) in [6.45, 7) is 6.04. The molecule has 1 aliphatic rings. The van der Waals surface area contributed by atoms with Gasteiger partial charge in [0.1, 0.15) is 5.82 Å². The van der Waals surface area contributed by atoms with Gasteiger partial charge in [-0.15, -0.1) is 0 Å². The average Bonchev–Trinajstić information content (AvgIpc) is 2.46. The van der Waals surface area contributed by atoms with E-state index < -0.39 is 0 Å². The van der Waals surface area contributed by atoms with E-state index in [1.54, 1.807) is 12.3 Å². The second-order valence-electron chi connectivity index (χ2n) is 5.70. The fourth-order valence-electron chi connectivity index (χ4n) is 2.79. The smallest absolute Gasteiger partial charge is 0.131 e. The van der Waals surface area contributed by atoms with Gasteiger partial charge >= 0.3 is 0 Å². The maximum absolute atomic E-state index is 5.99. The van der Waals surface area contributed by atoms with Gasteiger partial charge in [0.25, 0.3) is 0 Å². The Balaban J connectivity index is 1.77. The molecule has 1 aliphatic heterocycles. The van der Waals surface area contributed by atoms with Gasteiger partial charge in [0.15, 0.2) is 0 Å². The summed E-state index contributed by atoms with van der Waals surface area (Å²) in [6.07, 6.45) is 2.18. The standard InChI is InChI=1S/C17H20ClN3O/c1-12-10-21(11-13(2)22-12)16-5-3-4-15(9-16)20-17-8-14(18)6-7-19-17/h3-9,12-13H,10-11H2,1-2H3,(H,19,20)/t12-,13+. The van der Waals surface area contributed by atoms with E-state index in [4.69, 9.17) is 16.3 Å². The van der Waals surface area contributed by atoms with Gasteiger partial charge in [-0.1, -0.05) is 17.7 Å². The summed E-state index contributed by atoms with van der Waals surface area (Å²) in [5.74, 6) is 0.744. The Morgan fingerprint density at radius 3 is 2.68 bits per heavy atom. The van der Waals surface area contributed by atoms with Gasteiger partial charge in [0.05, 0.1) is 12.2 Å². The van der Waals surface area contributed by atoms with E-state index in [1.165, 1.54) is 5.69 Å². The number of benzene rings is 1.